The summed E-state index contributed by atoms with van der Waals surface area (Å²) in [6.07, 6.45) is 0. The fraction of sp³-hybridized carbons (Fsp3) is 0.455. The van der Waals surface area contributed by atoms with E-state index in [0.29, 0.717) is 6.61 Å². The van der Waals surface area contributed by atoms with Crippen LogP contribution in [0.4, 0.5) is 0 Å². The normalized spacial score (nSPS) is 10.2. The summed E-state index contributed by atoms with van der Waals surface area (Å²) in [5.41, 5.74) is 3.18. The molecule has 0 spiro atoms. The van der Waals surface area contributed by atoms with Gasteiger partial charge in [0, 0.05) is 5.56 Å². The maximum absolute atomic E-state index is 9.08. The molecule has 0 unspecified atom stereocenters. The predicted molar refractivity (Wildman–Crippen MR) is 53.0 cm³/mol. The highest BCUT2D eigenvalue weighted by atomic mass is 16.5. The molecule has 0 atom stereocenters. The molecule has 0 saturated heterocycles. The first-order valence-electron chi connectivity index (χ1n) is 4.53. The van der Waals surface area contributed by atoms with Crippen molar-refractivity contribution in [2.45, 2.75) is 27.4 Å². The van der Waals surface area contributed by atoms with E-state index in [-0.39, 0.29) is 6.61 Å². The average Bonchev–Trinajstić information content (AvgIpc) is 2.14. The Morgan fingerprint density at radius 1 is 1.31 bits per heavy atom. The lowest BCUT2D eigenvalue weighted by Crippen LogP contribution is -2.00. The van der Waals surface area contributed by atoms with Gasteiger partial charge in [0.25, 0.3) is 0 Å². The van der Waals surface area contributed by atoms with Gasteiger partial charge < -0.3 is 9.84 Å². The predicted octanol–water partition coefficient (Wildman–Crippen LogP) is 2.19. The Morgan fingerprint density at radius 2 is 2.00 bits per heavy atom. The van der Waals surface area contributed by atoms with Crippen molar-refractivity contribution in [1.29, 1.82) is 0 Å². The van der Waals surface area contributed by atoms with Crippen molar-refractivity contribution in [3.8, 4) is 5.75 Å². The van der Waals surface area contributed by atoms with Crippen LogP contribution in [0.5, 0.6) is 5.75 Å². The third-order valence-electron chi connectivity index (χ3n) is 2.22. The van der Waals surface area contributed by atoms with Crippen LogP contribution in [0.25, 0.3) is 0 Å². The second-order valence-electron chi connectivity index (χ2n) is 3.09. The summed E-state index contributed by atoms with van der Waals surface area (Å²) in [5, 5.41) is 9.08. The van der Waals surface area contributed by atoms with Crippen molar-refractivity contribution < 1.29 is 9.84 Å². The standard InChI is InChI=1S/C11H16O2/c1-4-13-11-9(3)8(2)5-6-10(11)7-12/h5-6,12H,4,7H2,1-3H3. The highest BCUT2D eigenvalue weighted by Gasteiger charge is 2.07. The second kappa shape index (κ2) is 4.28. The van der Waals surface area contributed by atoms with E-state index in [1.54, 1.807) is 0 Å². The molecule has 2 nitrogen and oxygen atoms in total. The number of benzene rings is 1. The third kappa shape index (κ3) is 2.01. The molecule has 72 valence electrons. The molecule has 0 aliphatic heterocycles. The van der Waals surface area contributed by atoms with E-state index in [1.165, 1.54) is 5.56 Å². The van der Waals surface area contributed by atoms with Gasteiger partial charge in [0.2, 0.25) is 0 Å². The van der Waals surface area contributed by atoms with Crippen molar-refractivity contribution in [1.82, 2.24) is 0 Å². The van der Waals surface area contributed by atoms with Gasteiger partial charge in [0.1, 0.15) is 5.75 Å². The van der Waals surface area contributed by atoms with Gasteiger partial charge in [-0.25, -0.2) is 0 Å². The monoisotopic (exact) mass is 180 g/mol. The molecule has 0 aliphatic carbocycles. The van der Waals surface area contributed by atoms with Crippen molar-refractivity contribution >= 4 is 0 Å². The number of aliphatic hydroxyl groups is 1. The Morgan fingerprint density at radius 3 is 2.54 bits per heavy atom. The van der Waals surface area contributed by atoms with Crippen molar-refractivity contribution in [2.24, 2.45) is 0 Å². The molecule has 1 N–H and O–H groups in total. The molecule has 0 bridgehead atoms. The maximum Gasteiger partial charge on any atom is 0.127 e. The molecule has 0 fully saturated rings. The van der Waals surface area contributed by atoms with E-state index in [4.69, 9.17) is 9.84 Å². The topological polar surface area (TPSA) is 29.5 Å². The summed E-state index contributed by atoms with van der Waals surface area (Å²) in [6, 6.07) is 3.91. The molecule has 13 heavy (non-hydrogen) atoms. The zero-order valence-electron chi connectivity index (χ0n) is 8.42. The number of rotatable bonds is 3. The maximum atomic E-state index is 9.08. The summed E-state index contributed by atoms with van der Waals surface area (Å²) < 4.78 is 5.48. The first-order valence-corrected chi connectivity index (χ1v) is 4.53. The van der Waals surface area contributed by atoms with E-state index < -0.39 is 0 Å². The Kier molecular flexibility index (Phi) is 3.32. The van der Waals surface area contributed by atoms with Gasteiger partial charge in [-0.3, -0.25) is 0 Å². The zero-order valence-corrected chi connectivity index (χ0v) is 8.42. The Labute approximate surface area is 79.2 Å². The fourth-order valence-electron chi connectivity index (χ4n) is 1.32. The van der Waals surface area contributed by atoms with E-state index in [9.17, 15) is 0 Å². The van der Waals surface area contributed by atoms with Crippen molar-refractivity contribution in [2.75, 3.05) is 6.61 Å². The molecule has 1 aromatic rings. The van der Waals surface area contributed by atoms with Crippen LogP contribution in [0.1, 0.15) is 23.6 Å². The Bertz CT molecular complexity index is 292. The van der Waals surface area contributed by atoms with Crippen LogP contribution >= 0.6 is 0 Å². The minimum absolute atomic E-state index is 0.0381. The fourth-order valence-corrected chi connectivity index (χ4v) is 1.32. The summed E-state index contributed by atoms with van der Waals surface area (Å²) in [5.74, 6) is 0.838. The highest BCUT2D eigenvalue weighted by Crippen LogP contribution is 2.26. The molecule has 0 radical (unpaired) electrons. The van der Waals surface area contributed by atoms with Gasteiger partial charge >= 0.3 is 0 Å². The van der Waals surface area contributed by atoms with Gasteiger partial charge in [-0.05, 0) is 31.9 Å². The molecule has 1 aromatic carbocycles. The van der Waals surface area contributed by atoms with Gasteiger partial charge in [-0.15, -0.1) is 0 Å². The molecule has 2 heteroatoms. The Balaban J connectivity index is 3.15. The van der Waals surface area contributed by atoms with Crippen LogP contribution in [0.2, 0.25) is 0 Å². The third-order valence-corrected chi connectivity index (χ3v) is 2.22. The molecule has 0 aromatic heterocycles. The summed E-state index contributed by atoms with van der Waals surface area (Å²) in [6.45, 7) is 6.68. The first-order chi connectivity index (χ1) is 6.20. The summed E-state index contributed by atoms with van der Waals surface area (Å²) in [4.78, 5) is 0. The molecular weight excluding hydrogens is 164 g/mol. The lowest BCUT2D eigenvalue weighted by atomic mass is 10.0. The highest BCUT2D eigenvalue weighted by molar-refractivity contribution is 5.44. The van der Waals surface area contributed by atoms with Crippen LogP contribution in [0.15, 0.2) is 12.1 Å². The molecule has 1 rings (SSSR count). The Hall–Kier alpha value is -1.02. The second-order valence-corrected chi connectivity index (χ2v) is 3.09. The smallest absolute Gasteiger partial charge is 0.127 e. The number of hydrogen-bond donors (Lipinski definition) is 1. The molecule has 0 heterocycles. The van der Waals surface area contributed by atoms with Gasteiger partial charge in [0.15, 0.2) is 0 Å². The molecular formula is C11H16O2. The lowest BCUT2D eigenvalue weighted by Gasteiger charge is -2.13. The van der Waals surface area contributed by atoms with Crippen LogP contribution in [0.3, 0.4) is 0 Å². The number of ether oxygens (including phenoxy) is 1. The van der Waals surface area contributed by atoms with Gasteiger partial charge in [-0.1, -0.05) is 12.1 Å². The molecule has 0 saturated carbocycles. The number of hydrogen-bond acceptors (Lipinski definition) is 2. The van der Waals surface area contributed by atoms with E-state index in [1.807, 2.05) is 32.9 Å². The van der Waals surface area contributed by atoms with E-state index in [2.05, 4.69) is 0 Å². The largest absolute Gasteiger partial charge is 0.493 e. The minimum atomic E-state index is 0.0381. The van der Waals surface area contributed by atoms with Gasteiger partial charge in [-0.2, -0.15) is 0 Å². The minimum Gasteiger partial charge on any atom is -0.493 e. The van der Waals surface area contributed by atoms with Crippen molar-refractivity contribution in [3.05, 3.63) is 28.8 Å². The van der Waals surface area contributed by atoms with Crippen LogP contribution in [-0.2, 0) is 6.61 Å². The number of aryl methyl sites for hydroxylation is 1. The number of aliphatic hydroxyl groups excluding tert-OH is 1. The zero-order chi connectivity index (χ0) is 9.84. The average molecular weight is 180 g/mol. The van der Waals surface area contributed by atoms with Gasteiger partial charge in [0.05, 0.1) is 13.2 Å². The molecule has 0 aliphatic rings. The van der Waals surface area contributed by atoms with Crippen molar-refractivity contribution in [3.63, 3.8) is 0 Å². The van der Waals surface area contributed by atoms with Crippen LogP contribution in [-0.4, -0.2) is 11.7 Å². The quantitative estimate of drug-likeness (QED) is 0.772. The SMILES string of the molecule is CCOc1c(CO)ccc(C)c1C. The first kappa shape index (κ1) is 10.1. The van der Waals surface area contributed by atoms with Crippen LogP contribution in [0, 0.1) is 13.8 Å². The van der Waals surface area contributed by atoms with Crippen LogP contribution < -0.4 is 4.74 Å². The summed E-state index contributed by atoms with van der Waals surface area (Å²) in [7, 11) is 0. The van der Waals surface area contributed by atoms with E-state index in [0.717, 1.165) is 16.9 Å². The molecule has 0 amide bonds. The van der Waals surface area contributed by atoms with E-state index >= 15 is 0 Å². The lowest BCUT2D eigenvalue weighted by molar-refractivity contribution is 0.266. The summed E-state index contributed by atoms with van der Waals surface area (Å²) >= 11 is 0.